The van der Waals surface area contributed by atoms with Gasteiger partial charge in [-0.15, -0.1) is 0 Å². The van der Waals surface area contributed by atoms with Crippen LogP contribution in [0.1, 0.15) is 34.1 Å². The Labute approximate surface area is 113 Å². The van der Waals surface area contributed by atoms with Crippen LogP contribution < -0.4 is 16.0 Å². The number of carbonyl (C=O) groups excluding carboxylic acids is 2. The molecule has 3 amide bonds. The zero-order valence-corrected chi connectivity index (χ0v) is 11.9. The maximum absolute atomic E-state index is 11.5. The van der Waals surface area contributed by atoms with E-state index in [1.807, 2.05) is 6.92 Å². The molecule has 0 saturated carbocycles. The topological polar surface area (TPSA) is 108 Å². The summed E-state index contributed by atoms with van der Waals surface area (Å²) in [5.74, 6) is -1.42. The van der Waals surface area contributed by atoms with E-state index in [1.54, 1.807) is 20.8 Å². The lowest BCUT2D eigenvalue weighted by Crippen LogP contribution is -2.53. The van der Waals surface area contributed by atoms with Gasteiger partial charge in [0.2, 0.25) is 5.91 Å². The number of hydrogen-bond donors (Lipinski definition) is 4. The minimum Gasteiger partial charge on any atom is -0.480 e. The molecule has 0 heterocycles. The van der Waals surface area contributed by atoms with Crippen molar-refractivity contribution in [2.75, 3.05) is 13.1 Å². The van der Waals surface area contributed by atoms with Crippen molar-refractivity contribution in [3.8, 4) is 0 Å². The standard InChI is InChI=1S/C12H23N3O4/c1-5-6-13-8(16)7-14-11(19)15-9(10(17)18)12(2,3)4/h9H,5-7H2,1-4H3,(H,13,16)(H,17,18)(H2,14,15,19)/t9-/m0/s1. The SMILES string of the molecule is CCCNC(=O)CNC(=O)N[C@@H](C(=O)O)C(C)(C)C. The van der Waals surface area contributed by atoms with E-state index in [1.165, 1.54) is 0 Å². The van der Waals surface area contributed by atoms with Crippen LogP contribution in [0.2, 0.25) is 0 Å². The van der Waals surface area contributed by atoms with Gasteiger partial charge in [-0.2, -0.15) is 0 Å². The van der Waals surface area contributed by atoms with Crippen molar-refractivity contribution in [1.29, 1.82) is 0 Å². The largest absolute Gasteiger partial charge is 0.480 e. The molecule has 110 valence electrons. The molecule has 0 aromatic heterocycles. The van der Waals surface area contributed by atoms with E-state index in [0.29, 0.717) is 6.54 Å². The van der Waals surface area contributed by atoms with Crippen LogP contribution in [0.4, 0.5) is 4.79 Å². The van der Waals surface area contributed by atoms with Crippen molar-refractivity contribution in [2.45, 2.75) is 40.2 Å². The number of rotatable bonds is 6. The second-order valence-corrected chi connectivity index (χ2v) is 5.31. The van der Waals surface area contributed by atoms with Crippen LogP contribution in [0, 0.1) is 5.41 Å². The molecule has 0 radical (unpaired) electrons. The van der Waals surface area contributed by atoms with E-state index in [4.69, 9.17) is 5.11 Å². The lowest BCUT2D eigenvalue weighted by molar-refractivity contribution is -0.141. The van der Waals surface area contributed by atoms with E-state index in [2.05, 4.69) is 16.0 Å². The molecule has 19 heavy (non-hydrogen) atoms. The molecule has 0 bridgehead atoms. The van der Waals surface area contributed by atoms with Crippen molar-refractivity contribution in [1.82, 2.24) is 16.0 Å². The maximum atomic E-state index is 11.5. The lowest BCUT2D eigenvalue weighted by atomic mass is 9.87. The summed E-state index contributed by atoms with van der Waals surface area (Å²) in [6.45, 7) is 7.41. The first-order chi connectivity index (χ1) is 8.68. The summed E-state index contributed by atoms with van der Waals surface area (Å²) in [6, 6.07) is -1.69. The Bertz CT molecular complexity index is 336. The third-order valence-electron chi connectivity index (χ3n) is 2.37. The highest BCUT2D eigenvalue weighted by Crippen LogP contribution is 2.19. The van der Waals surface area contributed by atoms with Gasteiger partial charge in [0.1, 0.15) is 6.04 Å². The highest BCUT2D eigenvalue weighted by Gasteiger charge is 2.32. The molecule has 0 fully saturated rings. The minimum absolute atomic E-state index is 0.178. The molecule has 0 aliphatic carbocycles. The number of nitrogens with one attached hydrogen (secondary N) is 3. The average Bonchev–Trinajstić information content (AvgIpc) is 2.28. The van der Waals surface area contributed by atoms with Gasteiger partial charge in [-0.25, -0.2) is 9.59 Å². The summed E-state index contributed by atoms with van der Waals surface area (Å²) in [5, 5.41) is 16.3. The second kappa shape index (κ2) is 7.60. The summed E-state index contributed by atoms with van der Waals surface area (Å²) in [7, 11) is 0. The number of carboxylic acids is 1. The fraction of sp³-hybridized carbons (Fsp3) is 0.750. The van der Waals surface area contributed by atoms with Crippen molar-refractivity contribution in [3.63, 3.8) is 0 Å². The average molecular weight is 273 g/mol. The van der Waals surface area contributed by atoms with Crippen LogP contribution in [0.5, 0.6) is 0 Å². The summed E-state index contributed by atoms with van der Waals surface area (Å²) in [4.78, 5) is 33.8. The number of hydrogen-bond acceptors (Lipinski definition) is 3. The van der Waals surface area contributed by atoms with E-state index >= 15 is 0 Å². The maximum Gasteiger partial charge on any atom is 0.326 e. The van der Waals surface area contributed by atoms with Gasteiger partial charge < -0.3 is 21.1 Å². The zero-order valence-electron chi connectivity index (χ0n) is 11.9. The normalized spacial score (nSPS) is 12.4. The number of aliphatic carboxylic acids is 1. The smallest absolute Gasteiger partial charge is 0.326 e. The number of amides is 3. The quantitative estimate of drug-likeness (QED) is 0.558. The van der Waals surface area contributed by atoms with Gasteiger partial charge in [0.25, 0.3) is 0 Å². The molecule has 0 rings (SSSR count). The number of carbonyl (C=O) groups is 3. The molecule has 0 aromatic carbocycles. The molecule has 0 aromatic rings. The van der Waals surface area contributed by atoms with Crippen LogP contribution in [0.3, 0.4) is 0 Å². The molecule has 7 heteroatoms. The van der Waals surface area contributed by atoms with Gasteiger partial charge in [-0.1, -0.05) is 27.7 Å². The molecule has 1 atom stereocenters. The first-order valence-corrected chi connectivity index (χ1v) is 6.22. The molecule has 7 nitrogen and oxygen atoms in total. The Morgan fingerprint density at radius 3 is 2.16 bits per heavy atom. The van der Waals surface area contributed by atoms with Gasteiger partial charge in [0.15, 0.2) is 0 Å². The molecular weight excluding hydrogens is 250 g/mol. The molecular formula is C12H23N3O4. The molecule has 0 aliphatic rings. The van der Waals surface area contributed by atoms with Gasteiger partial charge in [-0.3, -0.25) is 4.79 Å². The number of carboxylic acid groups (broad SMARTS) is 1. The first-order valence-electron chi connectivity index (χ1n) is 6.22. The van der Waals surface area contributed by atoms with Crippen molar-refractivity contribution in [3.05, 3.63) is 0 Å². The monoisotopic (exact) mass is 273 g/mol. The van der Waals surface area contributed by atoms with Crippen LogP contribution in [0.15, 0.2) is 0 Å². The van der Waals surface area contributed by atoms with Crippen molar-refractivity contribution < 1.29 is 19.5 Å². The Hall–Kier alpha value is -1.79. The molecule has 0 aliphatic heterocycles. The van der Waals surface area contributed by atoms with Gasteiger partial charge >= 0.3 is 12.0 Å². The van der Waals surface area contributed by atoms with E-state index in [-0.39, 0.29) is 12.5 Å². The van der Waals surface area contributed by atoms with Gasteiger partial charge in [0.05, 0.1) is 6.54 Å². The predicted octanol–water partition coefficient (Wildman–Crippen LogP) is 0.311. The fourth-order valence-electron chi connectivity index (χ4n) is 1.32. The fourth-order valence-corrected chi connectivity index (χ4v) is 1.32. The van der Waals surface area contributed by atoms with E-state index in [9.17, 15) is 14.4 Å². The summed E-state index contributed by atoms with van der Waals surface area (Å²) < 4.78 is 0. The molecule has 0 saturated heterocycles. The summed E-state index contributed by atoms with van der Waals surface area (Å²) in [5.41, 5.74) is -0.617. The predicted molar refractivity (Wildman–Crippen MR) is 70.7 cm³/mol. The highest BCUT2D eigenvalue weighted by molar-refractivity contribution is 5.86. The zero-order chi connectivity index (χ0) is 15.1. The lowest BCUT2D eigenvalue weighted by Gasteiger charge is -2.27. The Balaban J connectivity index is 4.22. The van der Waals surface area contributed by atoms with Crippen LogP contribution in [0.25, 0.3) is 0 Å². The minimum atomic E-state index is -1.11. The Kier molecular flexibility index (Phi) is 6.89. The summed E-state index contributed by atoms with van der Waals surface area (Å²) >= 11 is 0. The number of urea groups is 1. The van der Waals surface area contributed by atoms with Gasteiger partial charge in [-0.05, 0) is 11.8 Å². The molecule has 0 unspecified atom stereocenters. The van der Waals surface area contributed by atoms with Crippen LogP contribution >= 0.6 is 0 Å². The van der Waals surface area contributed by atoms with E-state index < -0.39 is 23.5 Å². The second-order valence-electron chi connectivity index (χ2n) is 5.31. The van der Waals surface area contributed by atoms with Gasteiger partial charge in [0, 0.05) is 6.54 Å². The van der Waals surface area contributed by atoms with Crippen LogP contribution in [-0.4, -0.2) is 42.1 Å². The third kappa shape index (κ3) is 7.28. The van der Waals surface area contributed by atoms with Crippen molar-refractivity contribution in [2.24, 2.45) is 5.41 Å². The first kappa shape index (κ1) is 17.2. The molecule has 0 spiro atoms. The Morgan fingerprint density at radius 2 is 1.74 bits per heavy atom. The highest BCUT2D eigenvalue weighted by atomic mass is 16.4. The molecule has 4 N–H and O–H groups in total. The van der Waals surface area contributed by atoms with Crippen molar-refractivity contribution >= 4 is 17.9 Å². The Morgan fingerprint density at radius 1 is 1.16 bits per heavy atom. The van der Waals surface area contributed by atoms with Crippen LogP contribution in [-0.2, 0) is 9.59 Å². The third-order valence-corrected chi connectivity index (χ3v) is 2.37. The van der Waals surface area contributed by atoms with E-state index in [0.717, 1.165) is 6.42 Å². The summed E-state index contributed by atoms with van der Waals surface area (Å²) in [6.07, 6.45) is 0.809.